The van der Waals surface area contributed by atoms with Gasteiger partial charge in [-0.2, -0.15) is 0 Å². The fourth-order valence-electron chi connectivity index (χ4n) is 2.06. The first-order valence-corrected chi connectivity index (χ1v) is 7.90. The molecule has 2 aromatic rings. The predicted molar refractivity (Wildman–Crippen MR) is 85.6 cm³/mol. The molecule has 0 saturated carbocycles. The summed E-state index contributed by atoms with van der Waals surface area (Å²) < 4.78 is 27.8. The molecule has 1 unspecified atom stereocenters. The maximum absolute atomic E-state index is 13.9. The van der Waals surface area contributed by atoms with Crippen molar-refractivity contribution in [2.45, 2.75) is 19.0 Å². The third kappa shape index (κ3) is 4.50. The van der Waals surface area contributed by atoms with Crippen molar-refractivity contribution in [3.8, 4) is 0 Å². The molecule has 112 valence electrons. The summed E-state index contributed by atoms with van der Waals surface area (Å²) in [7, 11) is 0. The van der Waals surface area contributed by atoms with Gasteiger partial charge < -0.3 is 5.32 Å². The molecule has 2 rings (SSSR count). The summed E-state index contributed by atoms with van der Waals surface area (Å²) in [5.74, 6) is -0.765. The summed E-state index contributed by atoms with van der Waals surface area (Å²) in [4.78, 5) is 0. The number of alkyl halides is 1. The fraction of sp³-hybridized carbons (Fsp3) is 0.250. The van der Waals surface area contributed by atoms with E-state index < -0.39 is 11.6 Å². The molecule has 0 aliphatic carbocycles. The summed E-state index contributed by atoms with van der Waals surface area (Å²) >= 11 is 9.00. The van der Waals surface area contributed by atoms with Crippen LogP contribution in [0, 0.1) is 11.6 Å². The maximum atomic E-state index is 13.9. The average Bonchev–Trinajstić information content (AvgIpc) is 2.51. The van der Waals surface area contributed by atoms with Crippen molar-refractivity contribution in [2.24, 2.45) is 0 Å². The molecule has 2 aromatic carbocycles. The van der Waals surface area contributed by atoms with Crippen LogP contribution in [0.25, 0.3) is 0 Å². The summed E-state index contributed by atoms with van der Waals surface area (Å²) in [5, 5.41) is 3.11. The lowest BCUT2D eigenvalue weighted by Crippen LogP contribution is -2.33. The van der Waals surface area contributed by atoms with Gasteiger partial charge in [0.25, 0.3) is 0 Å². The van der Waals surface area contributed by atoms with E-state index in [2.05, 4.69) is 21.2 Å². The van der Waals surface area contributed by atoms with Gasteiger partial charge in [-0.1, -0.05) is 30.3 Å². The Hall–Kier alpha value is -0.970. The zero-order valence-corrected chi connectivity index (χ0v) is 13.6. The Morgan fingerprint density at radius 3 is 2.48 bits per heavy atom. The summed E-state index contributed by atoms with van der Waals surface area (Å²) in [5.41, 5.74) is 1.15. The minimum absolute atomic E-state index is 0.0209. The van der Waals surface area contributed by atoms with E-state index in [0.717, 1.165) is 5.56 Å². The Kier molecular flexibility index (Phi) is 6.15. The lowest BCUT2D eigenvalue weighted by atomic mass is 10.1. The molecule has 0 spiro atoms. The van der Waals surface area contributed by atoms with Crippen LogP contribution in [0.15, 0.2) is 46.9 Å². The minimum atomic E-state index is -0.574. The van der Waals surface area contributed by atoms with Gasteiger partial charge in [-0.25, -0.2) is 8.78 Å². The van der Waals surface area contributed by atoms with Crippen LogP contribution < -0.4 is 5.32 Å². The highest BCUT2D eigenvalue weighted by Gasteiger charge is 2.14. The van der Waals surface area contributed by atoms with E-state index in [1.54, 1.807) is 0 Å². The second kappa shape index (κ2) is 7.87. The van der Waals surface area contributed by atoms with Crippen molar-refractivity contribution >= 4 is 27.5 Å². The molecular formula is C16H15BrClF2N. The highest BCUT2D eigenvalue weighted by atomic mass is 79.9. The molecule has 0 aromatic heterocycles. The molecule has 5 heteroatoms. The topological polar surface area (TPSA) is 12.0 Å². The van der Waals surface area contributed by atoms with Crippen molar-refractivity contribution in [1.29, 1.82) is 0 Å². The molecule has 1 atom stereocenters. The number of hydrogen-bond donors (Lipinski definition) is 1. The van der Waals surface area contributed by atoms with Crippen molar-refractivity contribution in [3.63, 3.8) is 0 Å². The summed E-state index contributed by atoms with van der Waals surface area (Å²) in [6.07, 6.45) is 0.710. The summed E-state index contributed by atoms with van der Waals surface area (Å²) in [6, 6.07) is 12.4. The SMILES string of the molecule is Fc1ccc(Br)c(F)c1CNC(CCl)Cc1ccccc1. The van der Waals surface area contributed by atoms with Gasteiger partial charge >= 0.3 is 0 Å². The molecule has 0 aliphatic heterocycles. The number of nitrogens with one attached hydrogen (secondary N) is 1. The molecule has 1 nitrogen and oxygen atoms in total. The quantitative estimate of drug-likeness (QED) is 0.572. The second-order valence-corrected chi connectivity index (χ2v) is 5.91. The van der Waals surface area contributed by atoms with E-state index >= 15 is 0 Å². The zero-order chi connectivity index (χ0) is 15.2. The van der Waals surface area contributed by atoms with Crippen LogP contribution in [0.4, 0.5) is 8.78 Å². The molecule has 0 saturated heterocycles. The van der Waals surface area contributed by atoms with Crippen molar-refractivity contribution in [1.82, 2.24) is 5.32 Å². The Labute approximate surface area is 136 Å². The van der Waals surface area contributed by atoms with Gasteiger partial charge in [-0.05, 0) is 40.0 Å². The second-order valence-electron chi connectivity index (χ2n) is 4.74. The van der Waals surface area contributed by atoms with Gasteiger partial charge in [0.2, 0.25) is 0 Å². The Balaban J connectivity index is 2.02. The molecule has 0 aliphatic rings. The van der Waals surface area contributed by atoms with E-state index in [9.17, 15) is 8.78 Å². The van der Waals surface area contributed by atoms with Crippen LogP contribution in [-0.2, 0) is 13.0 Å². The van der Waals surface area contributed by atoms with Crippen LogP contribution >= 0.6 is 27.5 Å². The predicted octanol–water partition coefficient (Wildman–Crippen LogP) is 4.67. The third-order valence-electron chi connectivity index (χ3n) is 3.22. The van der Waals surface area contributed by atoms with Crippen LogP contribution in [0.1, 0.15) is 11.1 Å². The Morgan fingerprint density at radius 2 is 1.81 bits per heavy atom. The van der Waals surface area contributed by atoms with Crippen molar-refractivity contribution in [3.05, 3.63) is 69.7 Å². The highest BCUT2D eigenvalue weighted by Crippen LogP contribution is 2.21. The van der Waals surface area contributed by atoms with E-state index in [0.29, 0.717) is 12.3 Å². The van der Waals surface area contributed by atoms with Crippen LogP contribution in [0.2, 0.25) is 0 Å². The molecule has 0 bridgehead atoms. The standard InChI is InChI=1S/C16H15BrClF2N/c17-14-6-7-15(19)13(16(14)20)10-21-12(9-18)8-11-4-2-1-3-5-11/h1-7,12,21H,8-10H2. The molecule has 0 heterocycles. The number of rotatable bonds is 6. The first-order chi connectivity index (χ1) is 10.1. The van der Waals surface area contributed by atoms with E-state index in [1.807, 2.05) is 30.3 Å². The average molecular weight is 375 g/mol. The Morgan fingerprint density at radius 1 is 1.10 bits per heavy atom. The van der Waals surface area contributed by atoms with Crippen LogP contribution in [-0.4, -0.2) is 11.9 Å². The number of hydrogen-bond acceptors (Lipinski definition) is 1. The van der Waals surface area contributed by atoms with Gasteiger partial charge in [-0.3, -0.25) is 0 Å². The largest absolute Gasteiger partial charge is 0.308 e. The number of halogens is 4. The minimum Gasteiger partial charge on any atom is -0.308 e. The lowest BCUT2D eigenvalue weighted by Gasteiger charge is -2.17. The van der Waals surface area contributed by atoms with E-state index in [-0.39, 0.29) is 22.6 Å². The van der Waals surface area contributed by atoms with Gasteiger partial charge in [-0.15, -0.1) is 11.6 Å². The normalized spacial score (nSPS) is 12.4. The lowest BCUT2D eigenvalue weighted by molar-refractivity contribution is 0.498. The van der Waals surface area contributed by atoms with Crippen molar-refractivity contribution in [2.75, 3.05) is 5.88 Å². The molecule has 0 amide bonds. The highest BCUT2D eigenvalue weighted by molar-refractivity contribution is 9.10. The number of benzene rings is 2. The molecule has 21 heavy (non-hydrogen) atoms. The summed E-state index contributed by atoms with van der Waals surface area (Å²) in [6.45, 7) is 0.0985. The zero-order valence-electron chi connectivity index (χ0n) is 11.3. The molecule has 0 radical (unpaired) electrons. The molecule has 1 N–H and O–H groups in total. The van der Waals surface area contributed by atoms with E-state index in [4.69, 9.17) is 11.6 Å². The fourth-order valence-corrected chi connectivity index (χ4v) is 2.65. The molecular weight excluding hydrogens is 360 g/mol. The van der Waals surface area contributed by atoms with Gasteiger partial charge in [0.15, 0.2) is 0 Å². The Bertz CT molecular complexity index is 592. The van der Waals surface area contributed by atoms with Gasteiger partial charge in [0.05, 0.1) is 4.47 Å². The molecule has 0 fully saturated rings. The maximum Gasteiger partial charge on any atom is 0.144 e. The smallest absolute Gasteiger partial charge is 0.144 e. The monoisotopic (exact) mass is 373 g/mol. The van der Waals surface area contributed by atoms with Gasteiger partial charge in [0.1, 0.15) is 11.6 Å². The van der Waals surface area contributed by atoms with Crippen molar-refractivity contribution < 1.29 is 8.78 Å². The first kappa shape index (κ1) is 16.4. The van der Waals surface area contributed by atoms with Crippen LogP contribution in [0.3, 0.4) is 0 Å². The van der Waals surface area contributed by atoms with E-state index in [1.165, 1.54) is 12.1 Å². The van der Waals surface area contributed by atoms with Gasteiger partial charge in [0, 0.05) is 24.0 Å². The first-order valence-electron chi connectivity index (χ1n) is 6.57. The third-order valence-corrected chi connectivity index (χ3v) is 4.20. The van der Waals surface area contributed by atoms with Crippen LogP contribution in [0.5, 0.6) is 0 Å².